The van der Waals surface area contributed by atoms with Crippen molar-refractivity contribution in [3.8, 4) is 6.07 Å². The molecule has 0 spiro atoms. The van der Waals surface area contributed by atoms with Crippen LogP contribution in [0.15, 0.2) is 48.9 Å². The van der Waals surface area contributed by atoms with Crippen LogP contribution in [0.1, 0.15) is 52.9 Å². The fraction of sp³-hybridized carbons (Fsp3) is 0.276. The molecule has 3 aromatic heterocycles. The van der Waals surface area contributed by atoms with Gasteiger partial charge in [-0.2, -0.15) is 5.26 Å². The molecule has 6 heteroatoms. The molecular weight excluding hydrogens is 432 g/mol. The highest BCUT2D eigenvalue weighted by Crippen LogP contribution is 2.32. The molecule has 35 heavy (non-hydrogen) atoms. The zero-order valence-electron chi connectivity index (χ0n) is 20.3. The molecule has 6 nitrogen and oxygen atoms in total. The van der Waals surface area contributed by atoms with E-state index in [4.69, 9.17) is 0 Å². The molecule has 0 bridgehead atoms. The lowest BCUT2D eigenvalue weighted by molar-refractivity contribution is 0.220. The largest absolute Gasteiger partial charge is 0.361 e. The predicted molar refractivity (Wildman–Crippen MR) is 142 cm³/mol. The number of anilines is 2. The van der Waals surface area contributed by atoms with Crippen molar-refractivity contribution in [1.29, 1.82) is 5.26 Å². The van der Waals surface area contributed by atoms with Crippen molar-refractivity contribution in [1.82, 2.24) is 19.9 Å². The molecule has 176 valence electrons. The second-order valence-corrected chi connectivity index (χ2v) is 9.22. The summed E-state index contributed by atoms with van der Waals surface area (Å²) in [6.07, 6.45) is 13.5. The van der Waals surface area contributed by atoms with Gasteiger partial charge in [0.1, 0.15) is 6.07 Å². The minimum absolute atomic E-state index is 0.508. The molecule has 0 saturated carbocycles. The van der Waals surface area contributed by atoms with E-state index in [1.54, 1.807) is 6.20 Å². The summed E-state index contributed by atoms with van der Waals surface area (Å²) in [6, 6.07) is 12.7. The van der Waals surface area contributed by atoms with Gasteiger partial charge in [0.05, 0.1) is 16.9 Å². The molecule has 4 aromatic rings. The highest BCUT2D eigenvalue weighted by Gasteiger charge is 2.14. The highest BCUT2D eigenvalue weighted by molar-refractivity contribution is 5.90. The van der Waals surface area contributed by atoms with Crippen LogP contribution in [-0.2, 0) is 6.54 Å². The average Bonchev–Trinajstić information content (AvgIpc) is 3.37. The van der Waals surface area contributed by atoms with Crippen LogP contribution < -0.4 is 5.32 Å². The van der Waals surface area contributed by atoms with Crippen LogP contribution >= 0.6 is 0 Å². The Balaban J connectivity index is 1.41. The van der Waals surface area contributed by atoms with Gasteiger partial charge in [-0.05, 0) is 87.3 Å². The summed E-state index contributed by atoms with van der Waals surface area (Å²) < 4.78 is 0. The summed E-state index contributed by atoms with van der Waals surface area (Å²) in [5, 5.41) is 14.5. The third-order valence-corrected chi connectivity index (χ3v) is 6.82. The number of pyridine rings is 2. The number of hydrogen-bond donors (Lipinski definition) is 2. The number of rotatable bonds is 6. The number of hydrogen-bond acceptors (Lipinski definition) is 5. The second kappa shape index (κ2) is 10.1. The lowest BCUT2D eigenvalue weighted by atomic mass is 10.0. The van der Waals surface area contributed by atoms with Crippen molar-refractivity contribution in [2.45, 2.75) is 39.7 Å². The van der Waals surface area contributed by atoms with E-state index < -0.39 is 0 Å². The molecule has 0 atom stereocenters. The number of aromatic amines is 1. The number of H-pyrrole nitrogens is 1. The van der Waals surface area contributed by atoms with E-state index in [0.717, 1.165) is 51.3 Å². The van der Waals surface area contributed by atoms with Crippen LogP contribution in [0.2, 0.25) is 0 Å². The van der Waals surface area contributed by atoms with E-state index >= 15 is 0 Å². The van der Waals surface area contributed by atoms with Crippen molar-refractivity contribution in [3.63, 3.8) is 0 Å². The molecule has 1 aliphatic heterocycles. The molecule has 1 saturated heterocycles. The molecule has 1 fully saturated rings. The molecule has 0 aliphatic carbocycles. The number of fused-ring (bicyclic) bond motifs is 1. The lowest BCUT2D eigenvalue weighted by Crippen LogP contribution is -2.29. The molecule has 0 amide bonds. The third-order valence-electron chi connectivity index (χ3n) is 6.82. The molecule has 4 heterocycles. The highest BCUT2D eigenvalue weighted by atomic mass is 15.1. The van der Waals surface area contributed by atoms with E-state index in [1.807, 2.05) is 37.5 Å². The number of aryl methyl sites for hydroxylation is 2. The normalized spacial score (nSPS) is 14.4. The maximum absolute atomic E-state index is 9.79. The quantitative estimate of drug-likeness (QED) is 0.349. The maximum Gasteiger partial charge on any atom is 0.103 e. The zero-order valence-corrected chi connectivity index (χ0v) is 20.3. The fourth-order valence-electron chi connectivity index (χ4n) is 4.77. The summed E-state index contributed by atoms with van der Waals surface area (Å²) in [7, 11) is 0. The van der Waals surface area contributed by atoms with Crippen molar-refractivity contribution in [3.05, 3.63) is 82.6 Å². The van der Waals surface area contributed by atoms with E-state index in [-0.39, 0.29) is 0 Å². The van der Waals surface area contributed by atoms with Gasteiger partial charge < -0.3 is 10.3 Å². The van der Waals surface area contributed by atoms with E-state index in [2.05, 4.69) is 62.4 Å². The molecular formula is C29H30N6. The Hall–Kier alpha value is -3.95. The zero-order chi connectivity index (χ0) is 24.2. The Morgan fingerprint density at radius 3 is 2.66 bits per heavy atom. The van der Waals surface area contributed by atoms with Crippen molar-refractivity contribution in [2.24, 2.45) is 0 Å². The lowest BCUT2D eigenvalue weighted by Gasteiger charge is -2.26. The van der Waals surface area contributed by atoms with Gasteiger partial charge >= 0.3 is 0 Å². The number of aromatic nitrogens is 3. The number of piperidine rings is 1. The summed E-state index contributed by atoms with van der Waals surface area (Å²) in [6.45, 7) is 7.36. The third kappa shape index (κ3) is 4.96. The maximum atomic E-state index is 9.79. The van der Waals surface area contributed by atoms with Crippen molar-refractivity contribution >= 4 is 34.4 Å². The summed E-state index contributed by atoms with van der Waals surface area (Å²) >= 11 is 0. The van der Waals surface area contributed by atoms with Gasteiger partial charge in [-0.1, -0.05) is 12.5 Å². The molecule has 5 rings (SSSR count). The predicted octanol–water partition coefficient (Wildman–Crippen LogP) is 6.35. The van der Waals surface area contributed by atoms with Crippen LogP contribution in [0.5, 0.6) is 0 Å². The minimum Gasteiger partial charge on any atom is -0.361 e. The molecule has 1 aromatic carbocycles. The summed E-state index contributed by atoms with van der Waals surface area (Å²) in [5.41, 5.74) is 8.31. The van der Waals surface area contributed by atoms with Gasteiger partial charge in [-0.25, -0.2) is 0 Å². The standard InChI is InChI=1S/C29H30N6/c1-20-25-12-13-31-28(25)11-10-27(20)34-29-23(16-30)18-32-21(2)26(29)9-8-24-7-6-22(17-33-24)19-35-14-4-3-5-15-35/h6-13,17-18,31H,3-5,14-15,19H2,1-2H3,(H,32,34). The van der Waals surface area contributed by atoms with Gasteiger partial charge in [-0.3, -0.25) is 14.9 Å². The topological polar surface area (TPSA) is 80.6 Å². The van der Waals surface area contributed by atoms with Crippen LogP contribution in [0.25, 0.3) is 23.1 Å². The van der Waals surface area contributed by atoms with Crippen LogP contribution in [0.4, 0.5) is 11.4 Å². The smallest absolute Gasteiger partial charge is 0.103 e. The van der Waals surface area contributed by atoms with Gasteiger partial charge in [0.2, 0.25) is 0 Å². The summed E-state index contributed by atoms with van der Waals surface area (Å²) in [5.74, 6) is 0. The first-order chi connectivity index (χ1) is 17.1. The van der Waals surface area contributed by atoms with Gasteiger partial charge in [0.15, 0.2) is 0 Å². The summed E-state index contributed by atoms with van der Waals surface area (Å²) in [4.78, 5) is 14.9. The van der Waals surface area contributed by atoms with Crippen molar-refractivity contribution < 1.29 is 0 Å². The first kappa shape index (κ1) is 22.8. The monoisotopic (exact) mass is 462 g/mol. The minimum atomic E-state index is 0.508. The van der Waals surface area contributed by atoms with Crippen LogP contribution in [0.3, 0.4) is 0 Å². The van der Waals surface area contributed by atoms with Crippen LogP contribution in [-0.4, -0.2) is 32.9 Å². The van der Waals surface area contributed by atoms with E-state index in [0.29, 0.717) is 5.56 Å². The van der Waals surface area contributed by atoms with E-state index in [9.17, 15) is 5.26 Å². The Morgan fingerprint density at radius 2 is 1.89 bits per heavy atom. The fourth-order valence-corrected chi connectivity index (χ4v) is 4.77. The number of nitrogens with zero attached hydrogens (tertiary/aromatic N) is 4. The van der Waals surface area contributed by atoms with Gasteiger partial charge in [0.25, 0.3) is 0 Å². The number of benzene rings is 1. The molecule has 0 unspecified atom stereocenters. The first-order valence-electron chi connectivity index (χ1n) is 12.2. The molecule has 2 N–H and O–H groups in total. The van der Waals surface area contributed by atoms with Gasteiger partial charge in [0, 0.05) is 53.0 Å². The van der Waals surface area contributed by atoms with Gasteiger partial charge in [-0.15, -0.1) is 0 Å². The molecule has 1 aliphatic rings. The number of nitrogens with one attached hydrogen (secondary N) is 2. The van der Waals surface area contributed by atoms with E-state index in [1.165, 1.54) is 37.9 Å². The SMILES string of the molecule is Cc1ncc(C#N)c(Nc2ccc3[nH]ccc3c2C)c1C=Cc1ccc(CN2CCCCC2)cn1. The number of nitriles is 1. The Bertz CT molecular complexity index is 1400. The van der Waals surface area contributed by atoms with Crippen LogP contribution in [0, 0.1) is 25.2 Å². The number of likely N-dealkylation sites (tertiary alicyclic amines) is 1. The first-order valence-corrected chi connectivity index (χ1v) is 12.2. The Kier molecular flexibility index (Phi) is 6.60. The Morgan fingerprint density at radius 1 is 1.03 bits per heavy atom. The Labute approximate surface area is 206 Å². The average molecular weight is 463 g/mol. The molecule has 0 radical (unpaired) electrons. The second-order valence-electron chi connectivity index (χ2n) is 9.22. The van der Waals surface area contributed by atoms with Crippen molar-refractivity contribution in [2.75, 3.05) is 18.4 Å².